The van der Waals surface area contributed by atoms with Gasteiger partial charge in [0, 0.05) is 12.3 Å². The van der Waals surface area contributed by atoms with Crippen molar-refractivity contribution in [3.8, 4) is 0 Å². The van der Waals surface area contributed by atoms with E-state index >= 15 is 0 Å². The topological polar surface area (TPSA) is 112 Å². The van der Waals surface area contributed by atoms with E-state index < -0.39 is 39.0 Å². The van der Waals surface area contributed by atoms with Gasteiger partial charge in [0.15, 0.2) is 5.76 Å². The lowest BCUT2D eigenvalue weighted by atomic mass is 9.98. The second kappa shape index (κ2) is 6.98. The third kappa shape index (κ3) is 3.81. The van der Waals surface area contributed by atoms with Crippen LogP contribution in [0.1, 0.15) is 26.0 Å². The van der Waals surface area contributed by atoms with Crippen LogP contribution < -0.4 is 4.72 Å². The van der Waals surface area contributed by atoms with Crippen LogP contribution in [0, 0.1) is 0 Å². The minimum Gasteiger partial charge on any atom is -0.465 e. The smallest absolute Gasteiger partial charge is 0.308 e. The van der Waals surface area contributed by atoms with Gasteiger partial charge in [0.05, 0.1) is 12.0 Å². The Kier molecular flexibility index (Phi) is 5.38. The number of sulfonamides is 1. The minimum absolute atomic E-state index is 0.159. The molecular weight excluding hydrogens is 406 g/mol. The molecule has 0 radical (unpaired) electrons. The van der Waals surface area contributed by atoms with Crippen LogP contribution >= 0.6 is 15.9 Å². The summed E-state index contributed by atoms with van der Waals surface area (Å²) >= 11 is 3.14. The van der Waals surface area contributed by atoms with Crippen molar-refractivity contribution in [3.63, 3.8) is 0 Å². The molecule has 1 unspecified atom stereocenters. The predicted octanol–water partition coefficient (Wildman–Crippen LogP) is 1.53. The van der Waals surface area contributed by atoms with Gasteiger partial charge in [-0.25, -0.2) is 8.42 Å². The summed E-state index contributed by atoms with van der Waals surface area (Å²) in [7, 11) is -3.78. The number of rotatable bonds is 7. The van der Waals surface area contributed by atoms with E-state index in [1.165, 1.54) is 19.3 Å². The molecule has 0 saturated carbocycles. The highest BCUT2D eigenvalue weighted by molar-refractivity contribution is 9.09. The average molecular weight is 422 g/mol. The highest BCUT2D eigenvalue weighted by atomic mass is 79.9. The standard InChI is InChI=1S/C14H16BrNO7S/c1-9(17)22-11-12(18)14(2,10-5-3-7-21-10)23-13(11)16-24(19,20)8-4-6-15/h3,5,7,16H,4,6,8H2,1-2H3. The van der Waals surface area contributed by atoms with Crippen molar-refractivity contribution in [1.82, 2.24) is 4.72 Å². The number of nitrogens with one attached hydrogen (secondary N) is 1. The summed E-state index contributed by atoms with van der Waals surface area (Å²) in [5, 5.41) is 0.494. The number of carbonyl (C=O) groups excluding carboxylic acids is 2. The number of carbonyl (C=O) groups is 2. The Morgan fingerprint density at radius 1 is 1.46 bits per heavy atom. The molecule has 1 aromatic heterocycles. The summed E-state index contributed by atoms with van der Waals surface area (Å²) in [4.78, 5) is 23.9. The fourth-order valence-corrected chi connectivity index (χ4v) is 3.76. The summed E-state index contributed by atoms with van der Waals surface area (Å²) in [6.45, 7) is 2.50. The van der Waals surface area contributed by atoms with Crippen LogP contribution in [0.15, 0.2) is 34.5 Å². The van der Waals surface area contributed by atoms with Gasteiger partial charge >= 0.3 is 5.97 Å². The summed E-state index contributed by atoms with van der Waals surface area (Å²) in [5.41, 5.74) is -1.62. The molecule has 8 nitrogen and oxygen atoms in total. The van der Waals surface area contributed by atoms with Gasteiger partial charge in [0.2, 0.25) is 21.4 Å². The Labute approximate surface area is 147 Å². The monoisotopic (exact) mass is 421 g/mol. The van der Waals surface area contributed by atoms with Crippen molar-refractivity contribution < 1.29 is 31.9 Å². The number of ether oxygens (including phenoxy) is 2. The Morgan fingerprint density at radius 2 is 2.17 bits per heavy atom. The summed E-state index contributed by atoms with van der Waals surface area (Å²) in [6, 6.07) is 3.06. The first-order valence-electron chi connectivity index (χ1n) is 6.96. The normalized spacial score (nSPS) is 20.9. The molecule has 1 aromatic rings. The zero-order valence-corrected chi connectivity index (χ0v) is 15.4. The number of Topliss-reactive ketones (excluding diaryl/α,β-unsaturated/α-hetero) is 1. The molecule has 0 spiro atoms. The van der Waals surface area contributed by atoms with Gasteiger partial charge in [-0.3, -0.25) is 14.3 Å². The maximum atomic E-state index is 12.6. The van der Waals surface area contributed by atoms with E-state index in [4.69, 9.17) is 13.9 Å². The quantitative estimate of drug-likeness (QED) is 0.524. The second-order valence-corrected chi connectivity index (χ2v) is 7.79. The summed E-state index contributed by atoms with van der Waals surface area (Å²) in [5.74, 6) is -2.45. The molecule has 0 saturated heterocycles. The number of ketones is 1. The molecule has 1 aliphatic heterocycles. The number of hydrogen-bond acceptors (Lipinski definition) is 7. The highest BCUT2D eigenvalue weighted by Crippen LogP contribution is 2.38. The number of hydrogen-bond donors (Lipinski definition) is 1. The molecule has 0 bridgehead atoms. The van der Waals surface area contributed by atoms with Crippen molar-refractivity contribution >= 4 is 37.7 Å². The van der Waals surface area contributed by atoms with Crippen molar-refractivity contribution in [2.45, 2.75) is 25.9 Å². The molecule has 2 heterocycles. The van der Waals surface area contributed by atoms with E-state index in [1.54, 1.807) is 6.07 Å². The van der Waals surface area contributed by atoms with Crippen LogP contribution in [-0.4, -0.2) is 31.3 Å². The first-order chi connectivity index (χ1) is 11.2. The van der Waals surface area contributed by atoms with E-state index in [9.17, 15) is 18.0 Å². The van der Waals surface area contributed by atoms with E-state index in [1.807, 2.05) is 0 Å². The van der Waals surface area contributed by atoms with Gasteiger partial charge in [0.25, 0.3) is 11.7 Å². The third-order valence-corrected chi connectivity index (χ3v) is 5.07. The lowest BCUT2D eigenvalue weighted by molar-refractivity contribution is -0.142. The first-order valence-corrected chi connectivity index (χ1v) is 9.74. The Hall–Kier alpha value is -1.81. The number of furan rings is 1. The molecule has 0 fully saturated rings. The fraction of sp³-hybridized carbons (Fsp3) is 0.429. The molecule has 0 aliphatic carbocycles. The van der Waals surface area contributed by atoms with Crippen LogP contribution in [0.25, 0.3) is 0 Å². The Morgan fingerprint density at radius 3 is 2.71 bits per heavy atom. The van der Waals surface area contributed by atoms with E-state index in [-0.39, 0.29) is 11.5 Å². The molecule has 24 heavy (non-hydrogen) atoms. The number of halogens is 1. The van der Waals surface area contributed by atoms with Gasteiger partial charge in [-0.2, -0.15) is 0 Å². The van der Waals surface area contributed by atoms with Crippen molar-refractivity contribution in [3.05, 3.63) is 35.8 Å². The zero-order chi connectivity index (χ0) is 18.0. The van der Waals surface area contributed by atoms with Crippen LogP contribution in [0.3, 0.4) is 0 Å². The van der Waals surface area contributed by atoms with Crippen LogP contribution in [0.4, 0.5) is 0 Å². The van der Waals surface area contributed by atoms with E-state index in [2.05, 4.69) is 20.7 Å². The Bertz CT molecular complexity index is 769. The SMILES string of the molecule is CC(=O)OC1=C(NS(=O)(=O)CCCBr)OC(C)(c2ccco2)C1=O. The lowest BCUT2D eigenvalue weighted by Gasteiger charge is -2.20. The molecular formula is C14H16BrNO7S. The molecule has 2 rings (SSSR count). The summed E-state index contributed by atoms with van der Waals surface area (Å²) < 4.78 is 41.8. The first kappa shape index (κ1) is 18.5. The average Bonchev–Trinajstić information content (AvgIpc) is 3.09. The zero-order valence-electron chi connectivity index (χ0n) is 13.0. The number of esters is 1. The molecule has 1 atom stereocenters. The maximum Gasteiger partial charge on any atom is 0.308 e. The fourth-order valence-electron chi connectivity index (χ4n) is 2.07. The molecule has 132 valence electrons. The van der Waals surface area contributed by atoms with Gasteiger partial charge in [-0.15, -0.1) is 0 Å². The van der Waals surface area contributed by atoms with Crippen molar-refractivity contribution in [2.75, 3.05) is 11.1 Å². The van der Waals surface area contributed by atoms with Crippen LogP contribution in [0.2, 0.25) is 0 Å². The van der Waals surface area contributed by atoms with Gasteiger partial charge in [-0.1, -0.05) is 15.9 Å². The Balaban J connectivity index is 2.35. The predicted molar refractivity (Wildman–Crippen MR) is 86.3 cm³/mol. The highest BCUT2D eigenvalue weighted by Gasteiger charge is 2.52. The lowest BCUT2D eigenvalue weighted by Crippen LogP contribution is -2.32. The largest absolute Gasteiger partial charge is 0.465 e. The summed E-state index contributed by atoms with van der Waals surface area (Å²) in [6.07, 6.45) is 1.70. The molecule has 0 aromatic carbocycles. The molecule has 10 heteroatoms. The van der Waals surface area contributed by atoms with Crippen LogP contribution in [0.5, 0.6) is 0 Å². The maximum absolute atomic E-state index is 12.6. The van der Waals surface area contributed by atoms with Gasteiger partial charge < -0.3 is 13.9 Å². The van der Waals surface area contributed by atoms with E-state index in [0.29, 0.717) is 11.8 Å². The van der Waals surface area contributed by atoms with Gasteiger partial charge in [-0.05, 0) is 25.5 Å². The molecule has 1 aliphatic rings. The van der Waals surface area contributed by atoms with Crippen LogP contribution in [-0.2, 0) is 34.7 Å². The second-order valence-electron chi connectivity index (χ2n) is 5.16. The minimum atomic E-state index is -3.78. The van der Waals surface area contributed by atoms with Gasteiger partial charge in [0.1, 0.15) is 0 Å². The van der Waals surface area contributed by atoms with Crippen molar-refractivity contribution in [2.24, 2.45) is 0 Å². The third-order valence-electron chi connectivity index (χ3n) is 3.18. The number of alkyl halides is 1. The van der Waals surface area contributed by atoms with E-state index in [0.717, 1.165) is 6.92 Å². The van der Waals surface area contributed by atoms with Crippen molar-refractivity contribution in [1.29, 1.82) is 0 Å². The molecule has 0 amide bonds. The molecule has 1 N–H and O–H groups in total.